The van der Waals surface area contributed by atoms with Gasteiger partial charge < -0.3 is 15.4 Å². The van der Waals surface area contributed by atoms with Gasteiger partial charge in [-0.2, -0.15) is 28.5 Å². The second-order valence-electron chi connectivity index (χ2n) is 7.14. The van der Waals surface area contributed by atoms with Crippen molar-refractivity contribution in [3.8, 4) is 6.07 Å². The molecule has 1 aliphatic rings. The number of nitrogens with one attached hydrogen (secondary N) is 2. The van der Waals surface area contributed by atoms with Crippen LogP contribution in [0.2, 0.25) is 0 Å². The van der Waals surface area contributed by atoms with Crippen molar-refractivity contribution in [3.05, 3.63) is 35.7 Å². The van der Waals surface area contributed by atoms with Crippen molar-refractivity contribution >= 4 is 28.4 Å². The van der Waals surface area contributed by atoms with Gasteiger partial charge in [0.25, 0.3) is 0 Å². The normalized spacial score (nSPS) is 15.1. The van der Waals surface area contributed by atoms with E-state index in [2.05, 4.69) is 31.8 Å². The molecule has 1 fully saturated rings. The number of benzene rings is 1. The molecule has 1 saturated heterocycles. The number of alkyl halides is 3. The minimum Gasteiger partial charge on any atom is -0.381 e. The number of hydrogen-bond donors (Lipinski definition) is 2. The molecular formula is C20H20F3N7O. The van der Waals surface area contributed by atoms with Gasteiger partial charge in [-0.05, 0) is 30.4 Å². The highest BCUT2D eigenvalue weighted by Crippen LogP contribution is 2.37. The quantitative estimate of drug-likeness (QED) is 0.629. The van der Waals surface area contributed by atoms with E-state index in [1.54, 1.807) is 10.9 Å². The van der Waals surface area contributed by atoms with Crippen LogP contribution in [0.1, 0.15) is 29.9 Å². The topological polar surface area (TPSA) is 101 Å². The lowest BCUT2D eigenvalue weighted by Crippen LogP contribution is -2.15. The van der Waals surface area contributed by atoms with Crippen LogP contribution in [0.5, 0.6) is 0 Å². The summed E-state index contributed by atoms with van der Waals surface area (Å²) in [6.45, 7) is 1.43. The summed E-state index contributed by atoms with van der Waals surface area (Å²) in [6.07, 6.45) is -0.441. The Kier molecular flexibility index (Phi) is 5.65. The van der Waals surface area contributed by atoms with Crippen molar-refractivity contribution in [1.29, 1.82) is 5.26 Å². The second-order valence-corrected chi connectivity index (χ2v) is 7.14. The Hall–Kier alpha value is -3.39. The number of nitriles is 1. The van der Waals surface area contributed by atoms with Crippen LogP contribution in [0, 0.1) is 11.3 Å². The Labute approximate surface area is 176 Å². The van der Waals surface area contributed by atoms with E-state index in [0.717, 1.165) is 35.5 Å². The molecule has 31 heavy (non-hydrogen) atoms. The second kappa shape index (κ2) is 8.39. The van der Waals surface area contributed by atoms with E-state index >= 15 is 0 Å². The highest BCUT2D eigenvalue weighted by molar-refractivity contribution is 5.95. The van der Waals surface area contributed by atoms with Crippen LogP contribution in [-0.2, 0) is 17.5 Å². The van der Waals surface area contributed by atoms with Crippen molar-refractivity contribution in [2.45, 2.75) is 31.5 Å². The minimum absolute atomic E-state index is 0.0190. The fraction of sp³-hybridized carbons (Fsp3) is 0.400. The lowest BCUT2D eigenvalue weighted by atomic mass is 9.90. The summed E-state index contributed by atoms with van der Waals surface area (Å²) < 4.78 is 46.4. The molecule has 11 heteroatoms. The Bertz CT molecular complexity index is 1130. The maximum absolute atomic E-state index is 13.1. The van der Waals surface area contributed by atoms with Crippen molar-refractivity contribution < 1.29 is 17.9 Å². The highest BCUT2D eigenvalue weighted by Gasteiger charge is 2.35. The number of anilines is 3. The van der Waals surface area contributed by atoms with Crippen molar-refractivity contribution in [2.24, 2.45) is 0 Å². The van der Waals surface area contributed by atoms with E-state index < -0.39 is 11.7 Å². The molecule has 4 rings (SSSR count). The van der Waals surface area contributed by atoms with Crippen LogP contribution in [0.15, 0.2) is 24.5 Å². The third-order valence-corrected chi connectivity index (χ3v) is 5.29. The molecule has 0 radical (unpaired) electrons. The number of fused-ring (bicyclic) bond motifs is 1. The fourth-order valence-corrected chi connectivity index (χ4v) is 3.82. The van der Waals surface area contributed by atoms with Gasteiger partial charge in [0.15, 0.2) is 0 Å². The van der Waals surface area contributed by atoms with Crippen LogP contribution < -0.4 is 10.6 Å². The van der Waals surface area contributed by atoms with E-state index in [0.29, 0.717) is 18.9 Å². The van der Waals surface area contributed by atoms with Crippen LogP contribution in [0.25, 0.3) is 10.9 Å². The van der Waals surface area contributed by atoms with Crippen molar-refractivity contribution in [1.82, 2.24) is 19.7 Å². The molecule has 0 bridgehead atoms. The Balaban J connectivity index is 1.74. The standard InChI is InChI=1S/C20H20F3N7O/c1-25-18-15(20(21,22)23)11-26-19(29-18)28-16-3-2-13(12-4-8-31-9-5-12)17-14(16)10-27-30(17)7-6-24/h2-3,10-12H,4-5,7-9H2,1H3,(H2,25,26,28,29). The first kappa shape index (κ1) is 20.9. The zero-order chi connectivity index (χ0) is 22.0. The lowest BCUT2D eigenvalue weighted by Gasteiger charge is -2.24. The molecular weight excluding hydrogens is 411 g/mol. The monoisotopic (exact) mass is 431 g/mol. The van der Waals surface area contributed by atoms with Gasteiger partial charge in [-0.25, -0.2) is 4.98 Å². The van der Waals surface area contributed by atoms with Gasteiger partial charge in [0.2, 0.25) is 5.95 Å². The van der Waals surface area contributed by atoms with E-state index in [1.807, 2.05) is 12.1 Å². The first-order chi connectivity index (χ1) is 14.9. The molecule has 3 aromatic rings. The minimum atomic E-state index is -4.56. The molecule has 0 atom stereocenters. The molecule has 8 nitrogen and oxygen atoms in total. The molecule has 3 heterocycles. The summed E-state index contributed by atoms with van der Waals surface area (Å²) in [5.74, 6) is -0.0246. The number of rotatable bonds is 5. The molecule has 2 N–H and O–H groups in total. The zero-order valence-electron chi connectivity index (χ0n) is 16.7. The number of nitrogens with zero attached hydrogens (tertiary/aromatic N) is 5. The van der Waals surface area contributed by atoms with Gasteiger partial charge in [-0.1, -0.05) is 6.07 Å². The molecule has 162 valence electrons. The van der Waals surface area contributed by atoms with E-state index in [-0.39, 0.29) is 24.2 Å². The van der Waals surface area contributed by atoms with Crippen LogP contribution in [0.3, 0.4) is 0 Å². The van der Waals surface area contributed by atoms with Crippen molar-refractivity contribution in [2.75, 3.05) is 30.9 Å². The smallest absolute Gasteiger partial charge is 0.381 e. The highest BCUT2D eigenvalue weighted by atomic mass is 19.4. The van der Waals surface area contributed by atoms with Crippen LogP contribution >= 0.6 is 0 Å². The molecule has 1 aliphatic heterocycles. The molecule has 0 unspecified atom stereocenters. The van der Waals surface area contributed by atoms with E-state index in [9.17, 15) is 18.4 Å². The van der Waals surface area contributed by atoms with Gasteiger partial charge >= 0.3 is 6.18 Å². The number of hydrogen-bond acceptors (Lipinski definition) is 7. The molecule has 2 aromatic heterocycles. The summed E-state index contributed by atoms with van der Waals surface area (Å²) in [6, 6.07) is 5.91. The third kappa shape index (κ3) is 4.11. The summed E-state index contributed by atoms with van der Waals surface area (Å²) in [5, 5.41) is 19.7. The predicted octanol–water partition coefficient (Wildman–Crippen LogP) is 4.05. The molecule has 1 aromatic carbocycles. The van der Waals surface area contributed by atoms with Crippen LogP contribution in [-0.4, -0.2) is 40.0 Å². The van der Waals surface area contributed by atoms with Crippen LogP contribution in [0.4, 0.5) is 30.6 Å². The van der Waals surface area contributed by atoms with Gasteiger partial charge in [0.05, 0.1) is 23.5 Å². The predicted molar refractivity (Wildman–Crippen MR) is 108 cm³/mol. The lowest BCUT2D eigenvalue weighted by molar-refractivity contribution is -0.137. The maximum Gasteiger partial charge on any atom is 0.421 e. The number of halogens is 3. The number of aromatic nitrogens is 4. The average molecular weight is 431 g/mol. The van der Waals surface area contributed by atoms with Crippen molar-refractivity contribution in [3.63, 3.8) is 0 Å². The average Bonchev–Trinajstić information content (AvgIpc) is 3.18. The molecule has 0 saturated carbocycles. The summed E-state index contributed by atoms with van der Waals surface area (Å²) in [7, 11) is 1.37. The first-order valence-electron chi connectivity index (χ1n) is 9.74. The van der Waals surface area contributed by atoms with E-state index in [4.69, 9.17) is 4.74 Å². The Morgan fingerprint density at radius 1 is 1.26 bits per heavy atom. The summed E-state index contributed by atoms with van der Waals surface area (Å²) in [4.78, 5) is 7.80. The maximum atomic E-state index is 13.1. The molecule has 0 aliphatic carbocycles. The van der Waals surface area contributed by atoms with Gasteiger partial charge in [-0.15, -0.1) is 0 Å². The Morgan fingerprint density at radius 3 is 2.71 bits per heavy atom. The largest absolute Gasteiger partial charge is 0.421 e. The zero-order valence-corrected chi connectivity index (χ0v) is 16.7. The summed E-state index contributed by atoms with van der Waals surface area (Å²) in [5.41, 5.74) is 1.54. The molecule has 0 amide bonds. The Morgan fingerprint density at radius 2 is 2.03 bits per heavy atom. The van der Waals surface area contributed by atoms with Gasteiger partial charge in [0, 0.05) is 31.8 Å². The van der Waals surface area contributed by atoms with Gasteiger partial charge in [0.1, 0.15) is 17.9 Å². The van der Waals surface area contributed by atoms with Gasteiger partial charge in [-0.3, -0.25) is 4.68 Å². The van der Waals surface area contributed by atoms with E-state index in [1.165, 1.54) is 7.05 Å². The SMILES string of the molecule is CNc1nc(Nc2ccc(C3CCOCC3)c3c2cnn3CC#N)ncc1C(F)(F)F. The molecule has 0 spiro atoms. The number of ether oxygens (including phenoxy) is 1. The first-order valence-corrected chi connectivity index (χ1v) is 9.74. The summed E-state index contributed by atoms with van der Waals surface area (Å²) >= 11 is 0. The third-order valence-electron chi connectivity index (χ3n) is 5.29. The fourth-order valence-electron chi connectivity index (χ4n) is 3.82.